The standard InChI is InChI=1S/C17H21N3O3/c1-12(2)17(22)20-9-7-19(8-10-20)16(21)11-14-13-5-3-4-6-15(13)23-18-14/h3-6,12H,7-11H2,1-2H3. The van der Waals surface area contributed by atoms with Crippen LogP contribution in [0.15, 0.2) is 28.8 Å². The number of nitrogens with zero attached hydrogens (tertiary/aromatic N) is 3. The normalized spacial score (nSPS) is 15.4. The van der Waals surface area contributed by atoms with Crippen LogP contribution >= 0.6 is 0 Å². The summed E-state index contributed by atoms with van der Waals surface area (Å²) in [6, 6.07) is 7.54. The lowest BCUT2D eigenvalue weighted by molar-refractivity contribution is -0.141. The lowest BCUT2D eigenvalue weighted by Crippen LogP contribution is -2.51. The van der Waals surface area contributed by atoms with Crippen LogP contribution in [0, 0.1) is 5.92 Å². The Morgan fingerprint density at radius 1 is 1.13 bits per heavy atom. The largest absolute Gasteiger partial charge is 0.356 e. The molecule has 0 spiro atoms. The second-order valence-electron chi connectivity index (χ2n) is 6.16. The minimum Gasteiger partial charge on any atom is -0.356 e. The number of piperazine rings is 1. The van der Waals surface area contributed by atoms with Crippen LogP contribution in [-0.2, 0) is 16.0 Å². The van der Waals surface area contributed by atoms with Gasteiger partial charge < -0.3 is 14.3 Å². The molecule has 0 aliphatic carbocycles. The van der Waals surface area contributed by atoms with Crippen molar-refractivity contribution < 1.29 is 14.1 Å². The first-order chi connectivity index (χ1) is 11.1. The van der Waals surface area contributed by atoms with Crippen LogP contribution in [-0.4, -0.2) is 52.9 Å². The van der Waals surface area contributed by atoms with E-state index < -0.39 is 0 Å². The van der Waals surface area contributed by atoms with Crippen molar-refractivity contribution in [3.05, 3.63) is 30.0 Å². The van der Waals surface area contributed by atoms with Gasteiger partial charge in [-0.2, -0.15) is 0 Å². The number of aromatic nitrogens is 1. The summed E-state index contributed by atoms with van der Waals surface area (Å²) in [7, 11) is 0. The summed E-state index contributed by atoms with van der Waals surface area (Å²) in [5.41, 5.74) is 1.37. The Bertz CT molecular complexity index is 715. The number of amides is 2. The second kappa shape index (κ2) is 6.40. The van der Waals surface area contributed by atoms with Crippen LogP contribution in [0.25, 0.3) is 11.0 Å². The van der Waals surface area contributed by atoms with Gasteiger partial charge in [-0.05, 0) is 12.1 Å². The van der Waals surface area contributed by atoms with Crippen molar-refractivity contribution in [2.75, 3.05) is 26.2 Å². The molecule has 0 atom stereocenters. The Morgan fingerprint density at radius 3 is 2.48 bits per heavy atom. The Morgan fingerprint density at radius 2 is 1.78 bits per heavy atom. The highest BCUT2D eigenvalue weighted by atomic mass is 16.5. The highest BCUT2D eigenvalue weighted by Gasteiger charge is 2.26. The monoisotopic (exact) mass is 315 g/mol. The molecular formula is C17H21N3O3. The number of carbonyl (C=O) groups excluding carboxylic acids is 2. The van der Waals surface area contributed by atoms with E-state index in [1.807, 2.05) is 43.0 Å². The third kappa shape index (κ3) is 3.21. The Labute approximate surface area is 135 Å². The minimum absolute atomic E-state index is 0.00116. The fraction of sp³-hybridized carbons (Fsp3) is 0.471. The van der Waals surface area contributed by atoms with Crippen molar-refractivity contribution >= 4 is 22.8 Å². The first kappa shape index (κ1) is 15.5. The molecule has 6 heteroatoms. The van der Waals surface area contributed by atoms with E-state index in [0.29, 0.717) is 37.5 Å². The van der Waals surface area contributed by atoms with Gasteiger partial charge >= 0.3 is 0 Å². The van der Waals surface area contributed by atoms with Crippen molar-refractivity contribution in [2.24, 2.45) is 5.92 Å². The Kier molecular flexibility index (Phi) is 4.32. The van der Waals surface area contributed by atoms with Gasteiger partial charge in [0.25, 0.3) is 0 Å². The molecule has 1 fully saturated rings. The third-order valence-electron chi connectivity index (χ3n) is 4.21. The van der Waals surface area contributed by atoms with Crippen LogP contribution in [0.5, 0.6) is 0 Å². The van der Waals surface area contributed by atoms with Crippen LogP contribution in [0.2, 0.25) is 0 Å². The van der Waals surface area contributed by atoms with Gasteiger partial charge in [-0.15, -0.1) is 0 Å². The third-order valence-corrected chi connectivity index (χ3v) is 4.21. The van der Waals surface area contributed by atoms with Crippen molar-refractivity contribution in [3.63, 3.8) is 0 Å². The predicted molar refractivity (Wildman–Crippen MR) is 85.7 cm³/mol. The number of carbonyl (C=O) groups is 2. The molecule has 6 nitrogen and oxygen atoms in total. The second-order valence-corrected chi connectivity index (χ2v) is 6.16. The number of para-hydroxylation sites is 1. The van der Waals surface area contributed by atoms with Gasteiger partial charge in [-0.1, -0.05) is 31.1 Å². The summed E-state index contributed by atoms with van der Waals surface area (Å²) in [5.74, 6) is 0.180. The molecule has 1 aliphatic heterocycles. The SMILES string of the molecule is CC(C)C(=O)N1CCN(C(=O)Cc2noc3ccccc23)CC1. The number of rotatable bonds is 3. The van der Waals surface area contributed by atoms with E-state index >= 15 is 0 Å². The minimum atomic E-state index is -0.00116. The average molecular weight is 315 g/mol. The Balaban J connectivity index is 1.61. The van der Waals surface area contributed by atoms with Gasteiger partial charge in [0.1, 0.15) is 5.69 Å². The molecule has 0 saturated carbocycles. The van der Waals surface area contributed by atoms with E-state index in [9.17, 15) is 9.59 Å². The van der Waals surface area contributed by atoms with Crippen molar-refractivity contribution in [3.8, 4) is 0 Å². The molecule has 1 aromatic carbocycles. The number of hydrogen-bond acceptors (Lipinski definition) is 4. The molecule has 23 heavy (non-hydrogen) atoms. The average Bonchev–Trinajstić information content (AvgIpc) is 2.97. The van der Waals surface area contributed by atoms with Gasteiger partial charge in [0.15, 0.2) is 5.58 Å². The van der Waals surface area contributed by atoms with Crippen molar-refractivity contribution in [1.29, 1.82) is 0 Å². The fourth-order valence-electron chi connectivity index (χ4n) is 2.86. The lowest BCUT2D eigenvalue weighted by atomic mass is 10.1. The Hall–Kier alpha value is -2.37. The smallest absolute Gasteiger partial charge is 0.228 e. The van der Waals surface area contributed by atoms with Crippen molar-refractivity contribution in [1.82, 2.24) is 15.0 Å². The summed E-state index contributed by atoms with van der Waals surface area (Å²) in [4.78, 5) is 28.1. The first-order valence-corrected chi connectivity index (χ1v) is 7.96. The molecule has 2 amide bonds. The highest BCUT2D eigenvalue weighted by molar-refractivity contribution is 5.86. The topological polar surface area (TPSA) is 66.7 Å². The van der Waals surface area contributed by atoms with E-state index in [-0.39, 0.29) is 24.2 Å². The molecule has 1 saturated heterocycles. The van der Waals surface area contributed by atoms with Gasteiger partial charge in [-0.3, -0.25) is 9.59 Å². The highest BCUT2D eigenvalue weighted by Crippen LogP contribution is 2.19. The summed E-state index contributed by atoms with van der Waals surface area (Å²) in [6.45, 7) is 6.15. The summed E-state index contributed by atoms with van der Waals surface area (Å²) in [5, 5.41) is 4.89. The molecule has 1 aromatic heterocycles. The maximum atomic E-state index is 12.5. The first-order valence-electron chi connectivity index (χ1n) is 7.96. The molecule has 0 bridgehead atoms. The van der Waals surface area contributed by atoms with E-state index in [2.05, 4.69) is 5.16 Å². The molecule has 2 heterocycles. The number of fused-ring (bicyclic) bond motifs is 1. The molecule has 0 radical (unpaired) electrons. The quantitative estimate of drug-likeness (QED) is 0.864. The predicted octanol–water partition coefficient (Wildman–Crippen LogP) is 1.70. The van der Waals surface area contributed by atoms with Gasteiger partial charge in [0.05, 0.1) is 6.42 Å². The molecule has 122 valence electrons. The molecule has 0 unspecified atom stereocenters. The summed E-state index contributed by atoms with van der Waals surface area (Å²) < 4.78 is 5.24. The number of benzene rings is 1. The van der Waals surface area contributed by atoms with Crippen LogP contribution in [0.1, 0.15) is 19.5 Å². The maximum Gasteiger partial charge on any atom is 0.228 e. The molecular weight excluding hydrogens is 294 g/mol. The van der Waals surface area contributed by atoms with Crippen molar-refractivity contribution in [2.45, 2.75) is 20.3 Å². The zero-order valence-corrected chi connectivity index (χ0v) is 13.5. The summed E-state index contributed by atoms with van der Waals surface area (Å²) >= 11 is 0. The van der Waals surface area contributed by atoms with E-state index in [1.54, 1.807) is 4.90 Å². The summed E-state index contributed by atoms with van der Waals surface area (Å²) in [6.07, 6.45) is 0.231. The van der Waals surface area contributed by atoms with Gasteiger partial charge in [0, 0.05) is 37.5 Å². The molecule has 2 aromatic rings. The zero-order valence-electron chi connectivity index (χ0n) is 13.5. The molecule has 3 rings (SSSR count). The lowest BCUT2D eigenvalue weighted by Gasteiger charge is -2.35. The van der Waals surface area contributed by atoms with E-state index in [0.717, 1.165) is 5.39 Å². The molecule has 0 N–H and O–H groups in total. The number of hydrogen-bond donors (Lipinski definition) is 0. The van der Waals surface area contributed by atoms with E-state index in [4.69, 9.17) is 4.52 Å². The van der Waals surface area contributed by atoms with Gasteiger partial charge in [-0.25, -0.2) is 0 Å². The van der Waals surface area contributed by atoms with E-state index in [1.165, 1.54) is 0 Å². The maximum absolute atomic E-state index is 12.5. The van der Waals surface area contributed by atoms with Crippen LogP contribution in [0.4, 0.5) is 0 Å². The zero-order chi connectivity index (χ0) is 16.4. The van der Waals surface area contributed by atoms with Crippen LogP contribution < -0.4 is 0 Å². The van der Waals surface area contributed by atoms with Gasteiger partial charge in [0.2, 0.25) is 11.8 Å². The molecule has 1 aliphatic rings. The van der Waals surface area contributed by atoms with Crippen LogP contribution in [0.3, 0.4) is 0 Å². The fourth-order valence-corrected chi connectivity index (χ4v) is 2.86.